The zero-order valence-corrected chi connectivity index (χ0v) is 13.0. The van der Waals surface area contributed by atoms with Crippen molar-refractivity contribution in [3.8, 4) is 0 Å². The average molecular weight is 332 g/mol. The number of alkyl halides is 2. The smallest absolute Gasteiger partial charge is 0.341 e. The topological polar surface area (TPSA) is 59.1 Å². The molecule has 8 heteroatoms. The lowest BCUT2D eigenvalue weighted by atomic mass is 10.3. The Labute approximate surface area is 125 Å². The standard InChI is InChI=1S/C13H14F2N2O2S2/c1-8-7-16-12(20-8)9(2)17-10-3-5-11(6-4-10)21(18,19)13(14)15/h3-7,9,13,17H,1-2H3. The van der Waals surface area contributed by atoms with Gasteiger partial charge in [0.1, 0.15) is 5.01 Å². The molecule has 0 radical (unpaired) electrons. The first-order valence-electron chi connectivity index (χ1n) is 6.11. The molecule has 0 amide bonds. The van der Waals surface area contributed by atoms with Crippen molar-refractivity contribution < 1.29 is 17.2 Å². The molecular formula is C13H14F2N2O2S2. The zero-order valence-electron chi connectivity index (χ0n) is 11.4. The molecule has 0 aliphatic carbocycles. The number of nitrogens with one attached hydrogen (secondary N) is 1. The third kappa shape index (κ3) is 3.56. The van der Waals surface area contributed by atoms with Crippen LogP contribution >= 0.6 is 11.3 Å². The quantitative estimate of drug-likeness (QED) is 0.908. The molecule has 0 aliphatic heterocycles. The molecule has 21 heavy (non-hydrogen) atoms. The summed E-state index contributed by atoms with van der Waals surface area (Å²) in [6.07, 6.45) is 1.77. The molecule has 0 saturated carbocycles. The van der Waals surface area contributed by atoms with Gasteiger partial charge in [-0.1, -0.05) is 0 Å². The lowest BCUT2D eigenvalue weighted by Crippen LogP contribution is -2.11. The van der Waals surface area contributed by atoms with E-state index in [0.717, 1.165) is 9.88 Å². The lowest BCUT2D eigenvalue weighted by Gasteiger charge is -2.13. The van der Waals surface area contributed by atoms with Gasteiger partial charge in [0.2, 0.25) is 9.84 Å². The van der Waals surface area contributed by atoms with E-state index >= 15 is 0 Å². The lowest BCUT2D eigenvalue weighted by molar-refractivity contribution is 0.234. The Bertz CT molecular complexity index is 712. The van der Waals surface area contributed by atoms with Gasteiger partial charge in [0.25, 0.3) is 0 Å². The minimum absolute atomic E-state index is 0.0544. The summed E-state index contributed by atoms with van der Waals surface area (Å²) in [7, 11) is -4.54. The van der Waals surface area contributed by atoms with Crippen LogP contribution in [0, 0.1) is 6.92 Å². The number of aryl methyl sites for hydroxylation is 1. The van der Waals surface area contributed by atoms with Crippen molar-refractivity contribution in [2.24, 2.45) is 0 Å². The van der Waals surface area contributed by atoms with Gasteiger partial charge in [0, 0.05) is 16.8 Å². The molecule has 0 saturated heterocycles. The molecule has 0 fully saturated rings. The van der Waals surface area contributed by atoms with Gasteiger partial charge in [-0.05, 0) is 38.1 Å². The minimum Gasteiger partial charge on any atom is -0.376 e. The van der Waals surface area contributed by atoms with Crippen molar-refractivity contribution >= 4 is 26.9 Å². The summed E-state index contributed by atoms with van der Waals surface area (Å²) in [5.41, 5.74) is 0.642. The van der Waals surface area contributed by atoms with E-state index in [4.69, 9.17) is 0 Å². The minimum atomic E-state index is -4.54. The number of rotatable bonds is 5. The largest absolute Gasteiger partial charge is 0.376 e. The van der Waals surface area contributed by atoms with Crippen LogP contribution < -0.4 is 5.32 Å². The molecule has 0 bridgehead atoms. The van der Waals surface area contributed by atoms with Crippen LogP contribution in [0.1, 0.15) is 22.9 Å². The third-order valence-corrected chi connectivity index (χ3v) is 5.30. The Morgan fingerprint density at radius 1 is 1.24 bits per heavy atom. The Morgan fingerprint density at radius 2 is 1.86 bits per heavy atom. The van der Waals surface area contributed by atoms with Crippen LogP contribution in [0.25, 0.3) is 0 Å². The first-order chi connectivity index (χ1) is 9.80. The van der Waals surface area contributed by atoms with Gasteiger partial charge in [-0.15, -0.1) is 11.3 Å². The van der Waals surface area contributed by atoms with Gasteiger partial charge < -0.3 is 5.32 Å². The number of hydrogen-bond acceptors (Lipinski definition) is 5. The molecule has 2 aromatic rings. The van der Waals surface area contributed by atoms with E-state index in [9.17, 15) is 17.2 Å². The Balaban J connectivity index is 2.13. The van der Waals surface area contributed by atoms with Crippen molar-refractivity contribution in [3.63, 3.8) is 0 Å². The number of anilines is 1. The van der Waals surface area contributed by atoms with Crippen LogP contribution in [-0.2, 0) is 9.84 Å². The van der Waals surface area contributed by atoms with Gasteiger partial charge in [-0.25, -0.2) is 13.4 Å². The Hall–Kier alpha value is -1.54. The Morgan fingerprint density at radius 3 is 2.33 bits per heavy atom. The molecule has 1 aromatic carbocycles. The summed E-state index contributed by atoms with van der Waals surface area (Å²) >= 11 is 1.56. The molecule has 0 spiro atoms. The average Bonchev–Trinajstić information content (AvgIpc) is 2.86. The highest BCUT2D eigenvalue weighted by Crippen LogP contribution is 2.25. The number of benzene rings is 1. The molecule has 1 aromatic heterocycles. The summed E-state index contributed by atoms with van der Waals surface area (Å²) in [5.74, 6) is -3.41. The number of nitrogens with zero attached hydrogens (tertiary/aromatic N) is 1. The summed E-state index contributed by atoms with van der Waals surface area (Å²) < 4.78 is 47.5. The first-order valence-corrected chi connectivity index (χ1v) is 8.48. The third-order valence-electron chi connectivity index (χ3n) is 2.81. The van der Waals surface area contributed by atoms with Gasteiger partial charge in [0.15, 0.2) is 0 Å². The fraction of sp³-hybridized carbons (Fsp3) is 0.308. The summed E-state index contributed by atoms with van der Waals surface area (Å²) in [5, 5.41) is 4.04. The first kappa shape index (κ1) is 15.8. The number of sulfone groups is 1. The van der Waals surface area contributed by atoms with E-state index in [1.165, 1.54) is 24.3 Å². The molecule has 1 heterocycles. The highest BCUT2D eigenvalue weighted by Gasteiger charge is 2.26. The van der Waals surface area contributed by atoms with Crippen LogP contribution in [0.15, 0.2) is 35.4 Å². The molecule has 4 nitrogen and oxygen atoms in total. The highest BCUT2D eigenvalue weighted by atomic mass is 32.2. The molecule has 0 aliphatic rings. The van der Waals surface area contributed by atoms with E-state index in [1.807, 2.05) is 13.8 Å². The van der Waals surface area contributed by atoms with Gasteiger partial charge in [-0.3, -0.25) is 0 Å². The predicted molar refractivity (Wildman–Crippen MR) is 78.5 cm³/mol. The molecular weight excluding hydrogens is 318 g/mol. The fourth-order valence-corrected chi connectivity index (χ4v) is 3.23. The van der Waals surface area contributed by atoms with Crippen LogP contribution in [0.4, 0.5) is 14.5 Å². The normalized spacial score (nSPS) is 13.4. The molecule has 114 valence electrons. The number of thiazole rings is 1. The molecule has 1 unspecified atom stereocenters. The maximum atomic E-state index is 12.4. The van der Waals surface area contributed by atoms with E-state index in [-0.39, 0.29) is 10.9 Å². The second kappa shape index (κ2) is 6.07. The van der Waals surface area contributed by atoms with Gasteiger partial charge >= 0.3 is 5.76 Å². The second-order valence-electron chi connectivity index (χ2n) is 4.51. The van der Waals surface area contributed by atoms with Crippen molar-refractivity contribution in [1.29, 1.82) is 0 Å². The number of hydrogen-bond donors (Lipinski definition) is 1. The summed E-state index contributed by atoms with van der Waals surface area (Å²) in [4.78, 5) is 4.96. The van der Waals surface area contributed by atoms with E-state index in [2.05, 4.69) is 10.3 Å². The van der Waals surface area contributed by atoms with Crippen LogP contribution in [0.3, 0.4) is 0 Å². The predicted octanol–water partition coefficient (Wildman–Crippen LogP) is 3.62. The highest BCUT2D eigenvalue weighted by molar-refractivity contribution is 7.91. The van der Waals surface area contributed by atoms with E-state index in [1.54, 1.807) is 17.5 Å². The van der Waals surface area contributed by atoms with Crippen LogP contribution in [0.5, 0.6) is 0 Å². The maximum Gasteiger partial charge on any atom is 0.341 e. The summed E-state index contributed by atoms with van der Waals surface area (Å²) in [6, 6.07) is 5.22. The van der Waals surface area contributed by atoms with Crippen molar-refractivity contribution in [1.82, 2.24) is 4.98 Å². The fourth-order valence-electron chi connectivity index (χ4n) is 1.73. The van der Waals surface area contributed by atoms with Crippen molar-refractivity contribution in [2.75, 3.05) is 5.32 Å². The number of aromatic nitrogens is 1. The second-order valence-corrected chi connectivity index (χ2v) is 7.69. The molecule has 1 N–H and O–H groups in total. The molecule has 1 atom stereocenters. The van der Waals surface area contributed by atoms with E-state index < -0.39 is 15.6 Å². The monoisotopic (exact) mass is 332 g/mol. The summed E-state index contributed by atoms with van der Waals surface area (Å²) in [6.45, 7) is 3.87. The van der Waals surface area contributed by atoms with Crippen LogP contribution in [-0.4, -0.2) is 19.2 Å². The van der Waals surface area contributed by atoms with Crippen molar-refractivity contribution in [3.05, 3.63) is 40.3 Å². The Kier molecular flexibility index (Phi) is 4.58. The van der Waals surface area contributed by atoms with Gasteiger partial charge in [0.05, 0.1) is 10.9 Å². The maximum absolute atomic E-state index is 12.4. The number of halogens is 2. The molecule has 2 rings (SSSR count). The van der Waals surface area contributed by atoms with E-state index in [0.29, 0.717) is 5.69 Å². The SMILES string of the molecule is Cc1cnc(C(C)Nc2ccc(S(=O)(=O)C(F)F)cc2)s1. The zero-order chi connectivity index (χ0) is 15.6. The van der Waals surface area contributed by atoms with Crippen molar-refractivity contribution in [2.45, 2.75) is 30.5 Å². The van der Waals surface area contributed by atoms with Crippen LogP contribution in [0.2, 0.25) is 0 Å². The van der Waals surface area contributed by atoms with Gasteiger partial charge in [-0.2, -0.15) is 8.78 Å².